The molecule has 1 aromatic heterocycles. The van der Waals surface area contributed by atoms with Crippen molar-refractivity contribution in [1.82, 2.24) is 9.55 Å². The van der Waals surface area contributed by atoms with Gasteiger partial charge < -0.3 is 9.55 Å². The molecule has 102 valence electrons. The third kappa shape index (κ3) is 2.17. The number of benzene rings is 1. The SMILES string of the molecule is CC1(n2c(=S)[nH]c3cc(Br)ccc32)CCS(=O)(=O)C1. The lowest BCUT2D eigenvalue weighted by atomic mass is 10.0. The van der Waals surface area contributed by atoms with Crippen LogP contribution in [0.4, 0.5) is 0 Å². The van der Waals surface area contributed by atoms with Crippen LogP contribution < -0.4 is 0 Å². The molecule has 4 nitrogen and oxygen atoms in total. The zero-order chi connectivity index (χ0) is 13.8. The lowest BCUT2D eigenvalue weighted by Crippen LogP contribution is -2.31. The smallest absolute Gasteiger partial charge is 0.178 e. The summed E-state index contributed by atoms with van der Waals surface area (Å²) in [4.78, 5) is 3.15. The van der Waals surface area contributed by atoms with E-state index in [2.05, 4.69) is 20.9 Å². The molecule has 0 amide bonds. The van der Waals surface area contributed by atoms with E-state index < -0.39 is 15.4 Å². The average molecular weight is 361 g/mol. The van der Waals surface area contributed by atoms with Crippen molar-refractivity contribution >= 4 is 49.0 Å². The van der Waals surface area contributed by atoms with Gasteiger partial charge in [0.15, 0.2) is 14.6 Å². The van der Waals surface area contributed by atoms with Crippen LogP contribution in [-0.2, 0) is 15.4 Å². The van der Waals surface area contributed by atoms with Crippen LogP contribution >= 0.6 is 28.1 Å². The molecule has 1 fully saturated rings. The van der Waals surface area contributed by atoms with E-state index in [0.717, 1.165) is 15.5 Å². The van der Waals surface area contributed by atoms with Gasteiger partial charge in [0.2, 0.25) is 0 Å². The van der Waals surface area contributed by atoms with Crippen molar-refractivity contribution in [2.75, 3.05) is 11.5 Å². The molecule has 0 saturated carbocycles. The molecule has 0 aliphatic carbocycles. The lowest BCUT2D eigenvalue weighted by Gasteiger charge is -2.25. The molecule has 0 radical (unpaired) electrons. The highest BCUT2D eigenvalue weighted by molar-refractivity contribution is 9.10. The van der Waals surface area contributed by atoms with Gasteiger partial charge in [-0.05, 0) is 43.8 Å². The number of aromatic amines is 1. The van der Waals surface area contributed by atoms with E-state index in [1.165, 1.54) is 0 Å². The van der Waals surface area contributed by atoms with Crippen molar-refractivity contribution in [3.63, 3.8) is 0 Å². The Morgan fingerprint density at radius 3 is 2.84 bits per heavy atom. The van der Waals surface area contributed by atoms with Gasteiger partial charge >= 0.3 is 0 Å². The summed E-state index contributed by atoms with van der Waals surface area (Å²) < 4.78 is 27.1. The minimum Gasteiger partial charge on any atom is -0.331 e. The predicted molar refractivity (Wildman–Crippen MR) is 81.7 cm³/mol. The Morgan fingerprint density at radius 2 is 2.21 bits per heavy atom. The Kier molecular flexibility index (Phi) is 2.92. The van der Waals surface area contributed by atoms with E-state index in [1.54, 1.807) is 0 Å². The van der Waals surface area contributed by atoms with Gasteiger partial charge in [0.05, 0.1) is 28.1 Å². The highest BCUT2D eigenvalue weighted by atomic mass is 79.9. The Hall–Kier alpha value is -0.660. The van der Waals surface area contributed by atoms with Crippen LogP contribution in [0.5, 0.6) is 0 Å². The van der Waals surface area contributed by atoms with Gasteiger partial charge in [-0.25, -0.2) is 8.42 Å². The third-order valence-electron chi connectivity index (χ3n) is 3.67. The molecule has 3 rings (SSSR count). The number of imidazole rings is 1. The van der Waals surface area contributed by atoms with E-state index >= 15 is 0 Å². The molecule has 1 unspecified atom stereocenters. The second kappa shape index (κ2) is 4.17. The molecule has 1 aliphatic heterocycles. The van der Waals surface area contributed by atoms with Crippen LogP contribution in [0, 0.1) is 4.77 Å². The molecule has 1 aliphatic rings. The van der Waals surface area contributed by atoms with Crippen molar-refractivity contribution in [2.45, 2.75) is 18.9 Å². The van der Waals surface area contributed by atoms with Gasteiger partial charge in [-0.3, -0.25) is 0 Å². The van der Waals surface area contributed by atoms with Gasteiger partial charge in [-0.15, -0.1) is 0 Å². The van der Waals surface area contributed by atoms with Gasteiger partial charge in [-0.1, -0.05) is 15.9 Å². The lowest BCUT2D eigenvalue weighted by molar-refractivity contribution is 0.372. The number of halogens is 1. The molecule has 0 bridgehead atoms. The molecule has 0 spiro atoms. The highest BCUT2D eigenvalue weighted by Gasteiger charge is 2.41. The second-order valence-electron chi connectivity index (χ2n) is 5.27. The summed E-state index contributed by atoms with van der Waals surface area (Å²) in [6.07, 6.45) is 0.604. The summed E-state index contributed by atoms with van der Waals surface area (Å²) in [6, 6.07) is 5.85. The third-order valence-corrected chi connectivity index (χ3v) is 6.33. The second-order valence-corrected chi connectivity index (χ2v) is 8.75. The first-order valence-corrected chi connectivity index (χ1v) is 8.94. The molecular formula is C12H13BrN2O2S2. The Balaban J connectivity index is 2.26. The standard InChI is InChI=1S/C12H13BrN2O2S2/c1-12(4-5-19(16,17)7-12)15-10-3-2-8(13)6-9(10)14-11(15)18/h2-3,6H,4-5,7H2,1H3,(H,14,18). The summed E-state index contributed by atoms with van der Waals surface area (Å²) in [7, 11) is -2.96. The fraction of sp³-hybridized carbons (Fsp3) is 0.417. The van der Waals surface area contributed by atoms with Crippen LogP contribution in [0.1, 0.15) is 13.3 Å². The maximum Gasteiger partial charge on any atom is 0.178 e. The average Bonchev–Trinajstić information content (AvgIpc) is 2.75. The summed E-state index contributed by atoms with van der Waals surface area (Å²) in [5.74, 6) is 0.381. The fourth-order valence-corrected chi connectivity index (χ4v) is 5.70. The zero-order valence-electron chi connectivity index (χ0n) is 10.3. The molecule has 1 aromatic carbocycles. The minimum atomic E-state index is -2.96. The predicted octanol–water partition coefficient (Wildman–Crippen LogP) is 3.00. The molecular weight excluding hydrogens is 348 g/mol. The Bertz CT molecular complexity index is 822. The van der Waals surface area contributed by atoms with Crippen LogP contribution in [0.3, 0.4) is 0 Å². The van der Waals surface area contributed by atoms with Crippen molar-refractivity contribution in [3.8, 4) is 0 Å². The number of rotatable bonds is 1. The molecule has 1 N–H and O–H groups in total. The maximum absolute atomic E-state index is 11.8. The quantitative estimate of drug-likeness (QED) is 0.795. The Labute approximate surface area is 124 Å². The van der Waals surface area contributed by atoms with Crippen LogP contribution in [0.25, 0.3) is 11.0 Å². The summed E-state index contributed by atoms with van der Waals surface area (Å²) in [5, 5.41) is 0. The largest absolute Gasteiger partial charge is 0.331 e. The number of nitrogens with one attached hydrogen (secondary N) is 1. The van der Waals surface area contributed by atoms with Crippen molar-refractivity contribution < 1.29 is 8.42 Å². The Morgan fingerprint density at radius 1 is 1.47 bits per heavy atom. The first-order valence-electron chi connectivity index (χ1n) is 5.92. The van der Waals surface area contributed by atoms with Crippen LogP contribution in [0.15, 0.2) is 22.7 Å². The van der Waals surface area contributed by atoms with E-state index in [9.17, 15) is 8.42 Å². The van der Waals surface area contributed by atoms with Gasteiger partial charge in [0.25, 0.3) is 0 Å². The molecule has 2 heterocycles. The number of hydrogen-bond donors (Lipinski definition) is 1. The topological polar surface area (TPSA) is 54.9 Å². The number of hydrogen-bond acceptors (Lipinski definition) is 3. The normalized spacial score (nSPS) is 26.0. The number of fused-ring (bicyclic) bond motifs is 1. The minimum absolute atomic E-state index is 0.150. The van der Waals surface area contributed by atoms with Gasteiger partial charge in [-0.2, -0.15) is 0 Å². The van der Waals surface area contributed by atoms with Gasteiger partial charge in [0.1, 0.15) is 0 Å². The van der Waals surface area contributed by atoms with Crippen molar-refractivity contribution in [2.24, 2.45) is 0 Å². The van der Waals surface area contributed by atoms with E-state index in [4.69, 9.17) is 12.2 Å². The molecule has 19 heavy (non-hydrogen) atoms. The molecule has 7 heteroatoms. The first kappa shape index (κ1) is 13.3. The van der Waals surface area contributed by atoms with Crippen molar-refractivity contribution in [1.29, 1.82) is 0 Å². The number of H-pyrrole nitrogens is 1. The summed E-state index contributed by atoms with van der Waals surface area (Å²) in [6.45, 7) is 1.96. The summed E-state index contributed by atoms with van der Waals surface area (Å²) in [5.41, 5.74) is 1.42. The highest BCUT2D eigenvalue weighted by Crippen LogP contribution is 2.34. The molecule has 1 saturated heterocycles. The monoisotopic (exact) mass is 360 g/mol. The zero-order valence-corrected chi connectivity index (χ0v) is 13.5. The molecule has 1 atom stereocenters. The van der Waals surface area contributed by atoms with Crippen molar-refractivity contribution in [3.05, 3.63) is 27.4 Å². The van der Waals surface area contributed by atoms with Crippen LogP contribution in [-0.4, -0.2) is 29.5 Å². The number of sulfone groups is 1. The fourth-order valence-electron chi connectivity index (χ4n) is 2.79. The van der Waals surface area contributed by atoms with E-state index in [0.29, 0.717) is 11.2 Å². The van der Waals surface area contributed by atoms with E-state index in [-0.39, 0.29) is 11.5 Å². The first-order chi connectivity index (χ1) is 8.81. The van der Waals surface area contributed by atoms with Gasteiger partial charge in [0, 0.05) is 4.47 Å². The number of aromatic nitrogens is 2. The summed E-state index contributed by atoms with van der Waals surface area (Å²) >= 11 is 8.80. The number of nitrogens with zero attached hydrogens (tertiary/aromatic N) is 1. The molecule has 2 aromatic rings. The van der Waals surface area contributed by atoms with E-state index in [1.807, 2.05) is 29.7 Å². The maximum atomic E-state index is 11.8. The van der Waals surface area contributed by atoms with Crippen LogP contribution in [0.2, 0.25) is 0 Å².